The fourth-order valence-electron chi connectivity index (χ4n) is 2.62. The van der Waals surface area contributed by atoms with Gasteiger partial charge in [-0.2, -0.15) is 5.26 Å². The maximum absolute atomic E-state index is 11.9. The lowest BCUT2D eigenvalue weighted by Crippen LogP contribution is -2.40. The van der Waals surface area contributed by atoms with Gasteiger partial charge >= 0.3 is 0 Å². The van der Waals surface area contributed by atoms with Crippen molar-refractivity contribution in [3.05, 3.63) is 35.4 Å². The number of carbonyl (C=O) groups is 1. The van der Waals surface area contributed by atoms with E-state index in [2.05, 4.69) is 17.1 Å². The Morgan fingerprint density at radius 3 is 2.85 bits per heavy atom. The SMILES string of the molecule is C[C@@H]1CCCN(CCNC(=O)c2ccc(C#N)cc2)C1. The fraction of sp³-hybridized carbons (Fsp3) is 0.500. The normalized spacial score (nSPS) is 19.3. The van der Waals surface area contributed by atoms with Crippen LogP contribution in [0.4, 0.5) is 0 Å². The van der Waals surface area contributed by atoms with Crippen molar-refractivity contribution in [3.8, 4) is 6.07 Å². The molecular weight excluding hydrogens is 250 g/mol. The highest BCUT2D eigenvalue weighted by Crippen LogP contribution is 2.14. The Morgan fingerprint density at radius 2 is 2.20 bits per heavy atom. The molecule has 4 nitrogen and oxygen atoms in total. The van der Waals surface area contributed by atoms with Crippen LogP contribution in [-0.4, -0.2) is 37.0 Å². The Bertz CT molecular complexity index is 489. The van der Waals surface area contributed by atoms with Crippen LogP contribution < -0.4 is 5.32 Å². The monoisotopic (exact) mass is 271 g/mol. The molecule has 1 aliphatic rings. The molecule has 0 unspecified atom stereocenters. The molecule has 0 saturated carbocycles. The second kappa shape index (κ2) is 7.06. The zero-order valence-electron chi connectivity index (χ0n) is 11.9. The van der Waals surface area contributed by atoms with Crippen molar-refractivity contribution in [3.63, 3.8) is 0 Å². The molecule has 0 radical (unpaired) electrons. The van der Waals surface area contributed by atoms with Crippen LogP contribution >= 0.6 is 0 Å². The molecule has 1 atom stereocenters. The minimum atomic E-state index is -0.0699. The summed E-state index contributed by atoms with van der Waals surface area (Å²) < 4.78 is 0. The average Bonchev–Trinajstić information content (AvgIpc) is 2.47. The van der Waals surface area contributed by atoms with Crippen molar-refractivity contribution in [1.82, 2.24) is 10.2 Å². The van der Waals surface area contributed by atoms with E-state index in [1.165, 1.54) is 12.8 Å². The van der Waals surface area contributed by atoms with Crippen LogP contribution in [0, 0.1) is 17.2 Å². The molecule has 1 N–H and O–H groups in total. The lowest BCUT2D eigenvalue weighted by atomic mass is 10.0. The average molecular weight is 271 g/mol. The standard InChI is InChI=1S/C16H21N3O/c1-13-3-2-9-19(12-13)10-8-18-16(20)15-6-4-14(11-17)5-7-15/h4-7,13H,2-3,8-10,12H2,1H3,(H,18,20)/t13-/m1/s1. The smallest absolute Gasteiger partial charge is 0.251 e. The van der Waals surface area contributed by atoms with Gasteiger partial charge in [0.2, 0.25) is 0 Å². The Balaban J connectivity index is 1.75. The summed E-state index contributed by atoms with van der Waals surface area (Å²) in [5.74, 6) is 0.692. The second-order valence-corrected chi connectivity index (χ2v) is 5.49. The Morgan fingerprint density at radius 1 is 1.45 bits per heavy atom. The van der Waals surface area contributed by atoms with Crippen LogP contribution in [0.15, 0.2) is 24.3 Å². The molecule has 2 rings (SSSR count). The number of rotatable bonds is 4. The maximum Gasteiger partial charge on any atom is 0.251 e. The first-order valence-corrected chi connectivity index (χ1v) is 7.20. The third-order valence-corrected chi connectivity index (χ3v) is 3.73. The van der Waals surface area contributed by atoms with Crippen molar-refractivity contribution in [2.75, 3.05) is 26.2 Å². The lowest BCUT2D eigenvalue weighted by Gasteiger charge is -2.30. The number of hydrogen-bond donors (Lipinski definition) is 1. The molecule has 1 aliphatic heterocycles. The molecule has 1 aromatic rings. The van der Waals surface area contributed by atoms with Crippen molar-refractivity contribution in [2.24, 2.45) is 5.92 Å². The van der Waals surface area contributed by atoms with E-state index in [9.17, 15) is 4.79 Å². The minimum absolute atomic E-state index is 0.0699. The molecule has 106 valence electrons. The number of nitrogens with one attached hydrogen (secondary N) is 1. The van der Waals surface area contributed by atoms with Crippen molar-refractivity contribution in [2.45, 2.75) is 19.8 Å². The molecule has 0 aliphatic carbocycles. The Labute approximate surface area is 120 Å². The molecule has 1 saturated heterocycles. The summed E-state index contributed by atoms with van der Waals surface area (Å²) in [6.07, 6.45) is 2.57. The first kappa shape index (κ1) is 14.5. The number of nitriles is 1. The van der Waals surface area contributed by atoms with E-state index in [1.54, 1.807) is 24.3 Å². The largest absolute Gasteiger partial charge is 0.351 e. The molecule has 1 amide bonds. The molecule has 1 aromatic carbocycles. The Kier molecular flexibility index (Phi) is 5.14. The van der Waals surface area contributed by atoms with Crippen LogP contribution in [0.5, 0.6) is 0 Å². The van der Waals surface area contributed by atoms with Gasteiger partial charge in [-0.05, 0) is 49.6 Å². The van der Waals surface area contributed by atoms with Gasteiger partial charge in [0.25, 0.3) is 5.91 Å². The van der Waals surface area contributed by atoms with Gasteiger partial charge < -0.3 is 10.2 Å². The number of hydrogen-bond acceptors (Lipinski definition) is 3. The van der Waals surface area contributed by atoms with Gasteiger partial charge in [-0.15, -0.1) is 0 Å². The summed E-state index contributed by atoms with van der Waals surface area (Å²) in [5.41, 5.74) is 1.18. The number of piperidine rings is 1. The first-order chi connectivity index (χ1) is 9.69. The van der Waals surface area contributed by atoms with Crippen molar-refractivity contribution in [1.29, 1.82) is 5.26 Å². The van der Waals surface area contributed by atoms with Crippen LogP contribution in [0.1, 0.15) is 35.7 Å². The third-order valence-electron chi connectivity index (χ3n) is 3.73. The molecule has 0 spiro atoms. The molecule has 20 heavy (non-hydrogen) atoms. The molecule has 0 aromatic heterocycles. The van der Waals surface area contributed by atoms with Crippen molar-refractivity contribution < 1.29 is 4.79 Å². The second-order valence-electron chi connectivity index (χ2n) is 5.49. The van der Waals surface area contributed by atoms with Gasteiger partial charge in [0, 0.05) is 25.2 Å². The lowest BCUT2D eigenvalue weighted by molar-refractivity contribution is 0.0944. The van der Waals surface area contributed by atoms with Crippen molar-refractivity contribution >= 4 is 5.91 Å². The third kappa shape index (κ3) is 4.07. The molecular formula is C16H21N3O. The maximum atomic E-state index is 11.9. The number of nitrogens with zero attached hydrogens (tertiary/aromatic N) is 2. The van der Waals surface area contributed by atoms with E-state index in [0.717, 1.165) is 25.6 Å². The van der Waals surface area contributed by atoms with Crippen LogP contribution in [0.2, 0.25) is 0 Å². The Hall–Kier alpha value is -1.86. The highest BCUT2D eigenvalue weighted by Gasteiger charge is 2.15. The highest BCUT2D eigenvalue weighted by molar-refractivity contribution is 5.94. The fourth-order valence-corrected chi connectivity index (χ4v) is 2.62. The number of likely N-dealkylation sites (tertiary alicyclic amines) is 1. The predicted octanol–water partition coefficient (Wildman–Crippen LogP) is 2.02. The van der Waals surface area contributed by atoms with E-state index < -0.39 is 0 Å². The zero-order chi connectivity index (χ0) is 14.4. The summed E-state index contributed by atoms with van der Waals surface area (Å²) in [6, 6.07) is 8.76. The first-order valence-electron chi connectivity index (χ1n) is 7.20. The van der Waals surface area contributed by atoms with Crippen LogP contribution in [0.25, 0.3) is 0 Å². The van der Waals surface area contributed by atoms with E-state index >= 15 is 0 Å². The van der Waals surface area contributed by atoms with Gasteiger partial charge in [-0.25, -0.2) is 0 Å². The summed E-state index contributed by atoms with van der Waals surface area (Å²) in [7, 11) is 0. The van der Waals surface area contributed by atoms with Gasteiger partial charge in [0.05, 0.1) is 11.6 Å². The van der Waals surface area contributed by atoms with Gasteiger partial charge in [0.15, 0.2) is 0 Å². The van der Waals surface area contributed by atoms with E-state index in [0.29, 0.717) is 17.7 Å². The topological polar surface area (TPSA) is 56.1 Å². The number of amides is 1. The minimum Gasteiger partial charge on any atom is -0.351 e. The molecule has 1 fully saturated rings. The number of carbonyl (C=O) groups excluding carboxylic acids is 1. The summed E-state index contributed by atoms with van der Waals surface area (Å²) in [4.78, 5) is 14.3. The number of benzene rings is 1. The van der Waals surface area contributed by atoms with E-state index in [1.807, 2.05) is 6.07 Å². The predicted molar refractivity (Wildman–Crippen MR) is 78.3 cm³/mol. The van der Waals surface area contributed by atoms with E-state index in [-0.39, 0.29) is 5.91 Å². The quantitative estimate of drug-likeness (QED) is 0.911. The summed E-state index contributed by atoms with van der Waals surface area (Å²) in [5, 5.41) is 11.7. The molecule has 4 heteroatoms. The van der Waals surface area contributed by atoms with Gasteiger partial charge in [0.1, 0.15) is 0 Å². The highest BCUT2D eigenvalue weighted by atomic mass is 16.1. The summed E-state index contributed by atoms with van der Waals surface area (Å²) in [6.45, 7) is 6.13. The zero-order valence-corrected chi connectivity index (χ0v) is 11.9. The molecule has 0 bridgehead atoms. The van der Waals surface area contributed by atoms with Gasteiger partial charge in [-0.3, -0.25) is 4.79 Å². The summed E-state index contributed by atoms with van der Waals surface area (Å²) >= 11 is 0. The van der Waals surface area contributed by atoms with Crippen LogP contribution in [-0.2, 0) is 0 Å². The van der Waals surface area contributed by atoms with Crippen LogP contribution in [0.3, 0.4) is 0 Å². The van der Waals surface area contributed by atoms with E-state index in [4.69, 9.17) is 5.26 Å². The van der Waals surface area contributed by atoms with Gasteiger partial charge in [-0.1, -0.05) is 6.92 Å². The molecule has 1 heterocycles.